The summed E-state index contributed by atoms with van der Waals surface area (Å²) in [4.78, 5) is 38.3. The molecule has 2 unspecified atom stereocenters. The number of carboxylic acids is 4. The van der Waals surface area contributed by atoms with Crippen molar-refractivity contribution in [1.29, 1.82) is 0 Å². The van der Waals surface area contributed by atoms with Gasteiger partial charge >= 0.3 is 0 Å². The van der Waals surface area contributed by atoms with Gasteiger partial charge in [0.05, 0.1) is 24.1 Å². The van der Waals surface area contributed by atoms with Crippen molar-refractivity contribution in [1.82, 2.24) is 12.3 Å². The van der Waals surface area contributed by atoms with E-state index in [4.69, 9.17) is 10.2 Å². The van der Waals surface area contributed by atoms with Gasteiger partial charge in [0.15, 0.2) is 0 Å². The van der Waals surface area contributed by atoms with Gasteiger partial charge in [0, 0.05) is 24.8 Å². The molecular weight excluding hydrogens is 284 g/mol. The second kappa shape index (κ2) is 13.2. The summed E-state index contributed by atoms with van der Waals surface area (Å²) in [6, 6.07) is 0. The van der Waals surface area contributed by atoms with Crippen LogP contribution in [0.4, 0.5) is 0 Å². The van der Waals surface area contributed by atoms with E-state index in [2.05, 4.69) is 0 Å². The van der Waals surface area contributed by atoms with Crippen molar-refractivity contribution < 1.29 is 49.8 Å². The molecule has 10 N–H and O–H groups in total. The van der Waals surface area contributed by atoms with Crippen molar-refractivity contribution in [3.8, 4) is 0 Å². The molecule has 120 valence electrons. The van der Waals surface area contributed by atoms with E-state index < -0.39 is 48.9 Å². The number of carbonyl (C=O) groups is 4. The summed E-state index contributed by atoms with van der Waals surface area (Å²) in [7, 11) is 0. The van der Waals surface area contributed by atoms with Gasteiger partial charge < -0.3 is 62.1 Å². The minimum atomic E-state index is -1.96. The molecular formula is C8H16N2O10-2. The molecule has 12 nitrogen and oxygen atoms in total. The summed E-state index contributed by atoms with van der Waals surface area (Å²) >= 11 is 0. The second-order valence-corrected chi connectivity index (χ2v) is 2.82. The lowest BCUT2D eigenvalue weighted by Gasteiger charge is -2.10. The van der Waals surface area contributed by atoms with Crippen LogP contribution in [-0.4, -0.2) is 46.3 Å². The quantitative estimate of drug-likeness (QED) is 0.359. The molecule has 20 heavy (non-hydrogen) atoms. The fourth-order valence-corrected chi connectivity index (χ4v) is 0.482. The number of aliphatic hydroxyl groups excluding tert-OH is 2. The maximum Gasteiger partial charge on any atom is 0.0985 e. The van der Waals surface area contributed by atoms with Crippen LogP contribution in [0.1, 0.15) is 12.8 Å². The molecule has 0 fully saturated rings. The van der Waals surface area contributed by atoms with Gasteiger partial charge in [0.25, 0.3) is 0 Å². The van der Waals surface area contributed by atoms with Gasteiger partial charge in [0.2, 0.25) is 0 Å². The Balaban J connectivity index is -0.000000116. The topological polar surface area (TPSA) is 274 Å². The number of carboxylic acid groups (broad SMARTS) is 4. The van der Waals surface area contributed by atoms with E-state index in [1.54, 1.807) is 0 Å². The predicted octanol–water partition coefficient (Wildman–Crippen LogP) is -6.77. The average Bonchev–Trinajstić information content (AvgIpc) is 2.16. The van der Waals surface area contributed by atoms with Crippen LogP contribution in [0.25, 0.3) is 0 Å². The first-order chi connectivity index (χ1) is 8.07. The third kappa shape index (κ3) is 18.1. The highest BCUT2D eigenvalue weighted by molar-refractivity contribution is 5.77. The maximum absolute atomic E-state index is 9.58. The van der Waals surface area contributed by atoms with Crippen LogP contribution in [0.5, 0.6) is 0 Å². The molecule has 0 rings (SSSR count). The zero-order chi connectivity index (χ0) is 14.9. The molecule has 0 aromatic carbocycles. The molecule has 2 atom stereocenters. The minimum absolute atomic E-state index is 0. The number of rotatable bonds is 6. The number of aliphatic hydroxyl groups is 2. The zero-order valence-electron chi connectivity index (χ0n) is 10.7. The third-order valence-electron chi connectivity index (χ3n) is 1.26. The summed E-state index contributed by atoms with van der Waals surface area (Å²) in [5, 5.41) is 54.7. The van der Waals surface area contributed by atoms with Gasteiger partial charge in [-0.2, -0.15) is 0 Å². The first-order valence-corrected chi connectivity index (χ1v) is 4.25. The average molecular weight is 300 g/mol. The molecule has 0 saturated carbocycles. The van der Waals surface area contributed by atoms with Crippen LogP contribution in [-0.2, 0) is 19.2 Å². The molecule has 0 aliphatic carbocycles. The lowest BCUT2D eigenvalue weighted by molar-refractivity contribution is -0.323. The van der Waals surface area contributed by atoms with E-state index in [1.165, 1.54) is 0 Å². The third-order valence-corrected chi connectivity index (χ3v) is 1.26. The van der Waals surface area contributed by atoms with Gasteiger partial charge in [-0.05, 0) is 0 Å². The molecule has 0 aliphatic heterocycles. The summed E-state index contributed by atoms with van der Waals surface area (Å²) < 4.78 is 0. The molecule has 0 radical (unpaired) electrons. The van der Waals surface area contributed by atoms with E-state index in [0.29, 0.717) is 0 Å². The van der Waals surface area contributed by atoms with E-state index in [9.17, 15) is 39.6 Å². The standard InChI is InChI=1S/2C4H6O5.2H3N/c2*5-2(4(8)9)1-3(6)7;;/h2*2,5H,1H2,(H,6,7)(H,8,9);2*1H3/p-2. The van der Waals surface area contributed by atoms with E-state index in [1.807, 2.05) is 0 Å². The van der Waals surface area contributed by atoms with Crippen molar-refractivity contribution in [2.24, 2.45) is 0 Å². The highest BCUT2D eigenvalue weighted by atomic mass is 16.4. The largest absolute Gasteiger partial charge is 0.550 e. The Morgan fingerprint density at radius 2 is 0.900 bits per heavy atom. The monoisotopic (exact) mass is 300 g/mol. The van der Waals surface area contributed by atoms with Crippen LogP contribution in [0.2, 0.25) is 0 Å². The summed E-state index contributed by atoms with van der Waals surface area (Å²) in [5.41, 5.74) is 0. The smallest absolute Gasteiger partial charge is 0.0985 e. The van der Waals surface area contributed by atoms with Crippen molar-refractivity contribution in [2.45, 2.75) is 25.0 Å². The highest BCUT2D eigenvalue weighted by Gasteiger charge is 2.03. The van der Waals surface area contributed by atoms with Crippen LogP contribution >= 0.6 is 0 Å². The molecule has 0 spiro atoms. The number of carbonyl (C=O) groups excluding carboxylic acids is 4. The summed E-state index contributed by atoms with van der Waals surface area (Å²) in [6.45, 7) is 0. The lowest BCUT2D eigenvalue weighted by Crippen LogP contribution is -2.39. The van der Waals surface area contributed by atoms with Gasteiger partial charge in [0.1, 0.15) is 0 Å². The van der Waals surface area contributed by atoms with Crippen molar-refractivity contribution >= 4 is 23.9 Å². The molecule has 0 heterocycles. The fraction of sp³-hybridized carbons (Fsp3) is 0.500. The predicted molar refractivity (Wildman–Crippen MR) is 53.2 cm³/mol. The van der Waals surface area contributed by atoms with Crippen molar-refractivity contribution in [3.63, 3.8) is 0 Å². The molecule has 0 bridgehead atoms. The van der Waals surface area contributed by atoms with Gasteiger partial charge in [-0.15, -0.1) is 0 Å². The summed E-state index contributed by atoms with van der Waals surface area (Å²) in [5.74, 6) is -6.85. The maximum atomic E-state index is 9.58. The van der Waals surface area contributed by atoms with Crippen LogP contribution in [0.3, 0.4) is 0 Å². The number of hydrogen-bond donors (Lipinski definition) is 4. The Morgan fingerprint density at radius 3 is 0.950 bits per heavy atom. The Hall–Kier alpha value is -2.28. The van der Waals surface area contributed by atoms with Gasteiger partial charge in [-0.3, -0.25) is 0 Å². The Bertz CT molecular complexity index is 299. The first-order valence-electron chi connectivity index (χ1n) is 4.25. The van der Waals surface area contributed by atoms with Crippen LogP contribution in [0.15, 0.2) is 0 Å². The number of hydrogen-bond acceptors (Lipinski definition) is 10. The normalized spacial score (nSPS) is 11.3. The van der Waals surface area contributed by atoms with Gasteiger partial charge in [-0.1, -0.05) is 0 Å². The highest BCUT2D eigenvalue weighted by Crippen LogP contribution is 1.86. The van der Waals surface area contributed by atoms with Crippen molar-refractivity contribution in [3.05, 3.63) is 0 Å². The Kier molecular flexibility index (Phi) is 17.3. The number of quaternary nitrogens is 2. The molecule has 0 aliphatic rings. The van der Waals surface area contributed by atoms with Crippen molar-refractivity contribution in [2.75, 3.05) is 0 Å². The molecule has 0 aromatic rings. The van der Waals surface area contributed by atoms with E-state index >= 15 is 0 Å². The Morgan fingerprint density at radius 1 is 0.700 bits per heavy atom. The zero-order valence-corrected chi connectivity index (χ0v) is 10.7. The van der Waals surface area contributed by atoms with Crippen LogP contribution in [0, 0.1) is 0 Å². The molecule has 0 amide bonds. The van der Waals surface area contributed by atoms with Crippen LogP contribution < -0.4 is 32.7 Å². The number of aliphatic carboxylic acids is 4. The second-order valence-electron chi connectivity index (χ2n) is 2.82. The molecule has 12 heteroatoms. The van der Waals surface area contributed by atoms with E-state index in [-0.39, 0.29) is 12.3 Å². The van der Waals surface area contributed by atoms with E-state index in [0.717, 1.165) is 0 Å². The first kappa shape index (κ1) is 26.3. The lowest BCUT2D eigenvalue weighted by atomic mass is 10.3. The summed E-state index contributed by atoms with van der Waals surface area (Å²) in [6.07, 6.45) is -5.78. The molecule has 0 saturated heterocycles. The minimum Gasteiger partial charge on any atom is -0.550 e. The Labute approximate surface area is 112 Å². The molecule has 0 aromatic heterocycles. The SMILES string of the molecule is O=C([O-])CC(O)C(=O)[O-].O=C([O-])CC(O)C(=O)[O-].[NH4+].[NH4+]. The fourth-order valence-electron chi connectivity index (χ4n) is 0.482. The van der Waals surface area contributed by atoms with Gasteiger partial charge in [-0.25, -0.2) is 0 Å².